The maximum atomic E-state index is 12.3. The SMILES string of the molecule is CC(C)N(CC#N)S(=O)(=O)c1ccc(C#N)c(Cl)c1. The predicted molar refractivity (Wildman–Crippen MR) is 70.8 cm³/mol. The standard InChI is InChI=1S/C12H12ClN3O2S/c1-9(2)16(6-5-14)19(17,18)11-4-3-10(8-15)12(13)7-11/h3-4,7,9H,6H2,1-2H3. The van der Waals surface area contributed by atoms with Crippen LogP contribution in [-0.2, 0) is 10.0 Å². The number of nitrogens with zero attached hydrogens (tertiary/aromatic N) is 3. The van der Waals surface area contributed by atoms with E-state index in [1.54, 1.807) is 13.8 Å². The fraction of sp³-hybridized carbons (Fsp3) is 0.333. The van der Waals surface area contributed by atoms with Gasteiger partial charge >= 0.3 is 0 Å². The van der Waals surface area contributed by atoms with Gasteiger partial charge in [-0.2, -0.15) is 14.8 Å². The summed E-state index contributed by atoms with van der Waals surface area (Å²) in [6.45, 7) is 3.12. The van der Waals surface area contributed by atoms with Crippen molar-refractivity contribution in [2.24, 2.45) is 0 Å². The molecule has 0 radical (unpaired) electrons. The summed E-state index contributed by atoms with van der Waals surface area (Å²) in [6, 6.07) is 7.22. The first kappa shape index (κ1) is 15.5. The lowest BCUT2D eigenvalue weighted by atomic mass is 10.2. The summed E-state index contributed by atoms with van der Waals surface area (Å²) in [4.78, 5) is -0.0274. The van der Waals surface area contributed by atoms with Crippen LogP contribution in [0.1, 0.15) is 19.4 Å². The van der Waals surface area contributed by atoms with Crippen LogP contribution in [0.4, 0.5) is 0 Å². The molecule has 0 saturated carbocycles. The largest absolute Gasteiger partial charge is 0.244 e. The molecule has 0 aliphatic heterocycles. The Bertz CT molecular complexity index is 657. The van der Waals surface area contributed by atoms with Crippen LogP contribution in [0.2, 0.25) is 5.02 Å². The number of hydrogen-bond acceptors (Lipinski definition) is 4. The van der Waals surface area contributed by atoms with Gasteiger partial charge in [0.1, 0.15) is 12.6 Å². The molecule has 0 aliphatic rings. The van der Waals surface area contributed by atoms with E-state index in [0.717, 1.165) is 4.31 Å². The molecule has 0 spiro atoms. The fourth-order valence-corrected chi connectivity index (χ4v) is 3.34. The topological polar surface area (TPSA) is 85.0 Å². The predicted octanol–water partition coefficient (Wildman–Crippen LogP) is 2.13. The Morgan fingerprint density at radius 2 is 2.00 bits per heavy atom. The van der Waals surface area contributed by atoms with Crippen molar-refractivity contribution >= 4 is 21.6 Å². The quantitative estimate of drug-likeness (QED) is 0.797. The lowest BCUT2D eigenvalue weighted by molar-refractivity contribution is 0.385. The Morgan fingerprint density at radius 1 is 1.37 bits per heavy atom. The number of nitriles is 2. The Kier molecular flexibility index (Phi) is 4.90. The average molecular weight is 298 g/mol. The molecule has 0 fully saturated rings. The van der Waals surface area contributed by atoms with Gasteiger partial charge in [0.2, 0.25) is 10.0 Å². The molecule has 5 nitrogen and oxygen atoms in total. The molecule has 0 aliphatic carbocycles. The lowest BCUT2D eigenvalue weighted by Gasteiger charge is -2.23. The smallest absolute Gasteiger partial charge is 0.207 e. The van der Waals surface area contributed by atoms with Gasteiger partial charge in [-0.05, 0) is 32.0 Å². The van der Waals surface area contributed by atoms with E-state index in [1.165, 1.54) is 18.2 Å². The van der Waals surface area contributed by atoms with Gasteiger partial charge in [0.15, 0.2) is 0 Å². The summed E-state index contributed by atoms with van der Waals surface area (Å²) in [5, 5.41) is 17.5. The van der Waals surface area contributed by atoms with E-state index in [0.29, 0.717) is 0 Å². The molecule has 0 amide bonds. The van der Waals surface area contributed by atoms with Crippen molar-refractivity contribution in [3.63, 3.8) is 0 Å². The summed E-state index contributed by atoms with van der Waals surface area (Å²) in [5.74, 6) is 0. The van der Waals surface area contributed by atoms with Gasteiger partial charge in [-0.1, -0.05) is 11.6 Å². The van der Waals surface area contributed by atoms with Gasteiger partial charge in [0.25, 0.3) is 0 Å². The van der Waals surface area contributed by atoms with Crippen molar-refractivity contribution in [3.8, 4) is 12.1 Å². The minimum absolute atomic E-state index is 0.0274. The highest BCUT2D eigenvalue weighted by Gasteiger charge is 2.27. The minimum Gasteiger partial charge on any atom is -0.207 e. The number of rotatable bonds is 4. The van der Waals surface area contributed by atoms with E-state index in [-0.39, 0.29) is 28.1 Å². The molecule has 0 unspecified atom stereocenters. The summed E-state index contributed by atoms with van der Waals surface area (Å²) >= 11 is 5.83. The van der Waals surface area contributed by atoms with Crippen LogP contribution in [0.3, 0.4) is 0 Å². The Hall–Kier alpha value is -1.60. The number of sulfonamides is 1. The molecule has 1 aromatic carbocycles. The molecule has 1 rings (SSSR count). The molecular weight excluding hydrogens is 286 g/mol. The Labute approximate surface area is 117 Å². The maximum absolute atomic E-state index is 12.3. The highest BCUT2D eigenvalue weighted by Crippen LogP contribution is 2.23. The van der Waals surface area contributed by atoms with E-state index >= 15 is 0 Å². The second-order valence-corrected chi connectivity index (χ2v) is 6.35. The maximum Gasteiger partial charge on any atom is 0.244 e. The second kappa shape index (κ2) is 6.03. The molecule has 0 saturated heterocycles. The van der Waals surface area contributed by atoms with E-state index in [4.69, 9.17) is 22.1 Å². The molecule has 0 atom stereocenters. The van der Waals surface area contributed by atoms with Gasteiger partial charge in [-0.3, -0.25) is 0 Å². The zero-order valence-electron chi connectivity index (χ0n) is 10.5. The van der Waals surface area contributed by atoms with Crippen LogP contribution in [0.5, 0.6) is 0 Å². The summed E-state index contributed by atoms with van der Waals surface area (Å²) in [7, 11) is -3.79. The van der Waals surface area contributed by atoms with E-state index in [1.807, 2.05) is 12.1 Å². The summed E-state index contributed by atoms with van der Waals surface area (Å²) in [5.41, 5.74) is 0.206. The Balaban J connectivity index is 3.31. The first-order valence-electron chi connectivity index (χ1n) is 5.43. The minimum atomic E-state index is -3.79. The van der Waals surface area contributed by atoms with Crippen molar-refractivity contribution in [1.82, 2.24) is 4.31 Å². The molecule has 0 N–H and O–H groups in total. The molecule has 1 aromatic rings. The van der Waals surface area contributed by atoms with Gasteiger partial charge in [-0.25, -0.2) is 8.42 Å². The van der Waals surface area contributed by atoms with E-state index < -0.39 is 10.0 Å². The van der Waals surface area contributed by atoms with E-state index in [2.05, 4.69) is 0 Å². The van der Waals surface area contributed by atoms with Crippen LogP contribution in [0.15, 0.2) is 23.1 Å². The molecule has 100 valence electrons. The third-order valence-electron chi connectivity index (χ3n) is 2.47. The second-order valence-electron chi connectivity index (χ2n) is 4.06. The van der Waals surface area contributed by atoms with Crippen LogP contribution in [0, 0.1) is 22.7 Å². The highest BCUT2D eigenvalue weighted by molar-refractivity contribution is 7.89. The third kappa shape index (κ3) is 3.24. The average Bonchev–Trinajstić information content (AvgIpc) is 2.35. The summed E-state index contributed by atoms with van der Waals surface area (Å²) < 4.78 is 25.8. The monoisotopic (exact) mass is 297 g/mol. The van der Waals surface area contributed by atoms with Gasteiger partial charge < -0.3 is 0 Å². The molecule has 0 heterocycles. The Morgan fingerprint density at radius 3 is 2.42 bits per heavy atom. The molecule has 0 bridgehead atoms. The van der Waals surface area contributed by atoms with Crippen LogP contribution in [-0.4, -0.2) is 25.3 Å². The zero-order valence-corrected chi connectivity index (χ0v) is 12.0. The first-order chi connectivity index (χ1) is 8.84. The van der Waals surface area contributed by atoms with Crippen LogP contribution in [0.25, 0.3) is 0 Å². The van der Waals surface area contributed by atoms with Crippen molar-refractivity contribution in [1.29, 1.82) is 10.5 Å². The molecule has 0 aromatic heterocycles. The normalized spacial score (nSPS) is 11.3. The summed E-state index contributed by atoms with van der Waals surface area (Å²) in [6.07, 6.45) is 0. The number of hydrogen-bond donors (Lipinski definition) is 0. The van der Waals surface area contributed by atoms with Gasteiger partial charge in [-0.15, -0.1) is 0 Å². The number of halogens is 1. The third-order valence-corrected chi connectivity index (χ3v) is 4.80. The highest BCUT2D eigenvalue weighted by atomic mass is 35.5. The van der Waals surface area contributed by atoms with E-state index in [9.17, 15) is 8.42 Å². The number of benzene rings is 1. The molecule has 19 heavy (non-hydrogen) atoms. The van der Waals surface area contributed by atoms with Crippen molar-refractivity contribution in [2.75, 3.05) is 6.54 Å². The van der Waals surface area contributed by atoms with Crippen molar-refractivity contribution < 1.29 is 8.42 Å². The zero-order chi connectivity index (χ0) is 14.6. The van der Waals surface area contributed by atoms with Gasteiger partial charge in [0, 0.05) is 6.04 Å². The van der Waals surface area contributed by atoms with Crippen LogP contribution >= 0.6 is 11.6 Å². The first-order valence-corrected chi connectivity index (χ1v) is 7.24. The van der Waals surface area contributed by atoms with Crippen LogP contribution < -0.4 is 0 Å². The van der Waals surface area contributed by atoms with Crippen molar-refractivity contribution in [2.45, 2.75) is 24.8 Å². The van der Waals surface area contributed by atoms with Gasteiger partial charge in [0.05, 0.1) is 21.6 Å². The molecular formula is C12H12ClN3O2S. The lowest BCUT2D eigenvalue weighted by Crippen LogP contribution is -2.37. The fourth-order valence-electron chi connectivity index (χ4n) is 1.50. The van der Waals surface area contributed by atoms with Crippen molar-refractivity contribution in [3.05, 3.63) is 28.8 Å². The molecule has 7 heteroatoms.